The summed E-state index contributed by atoms with van der Waals surface area (Å²) in [5.74, 6) is 5.01. The van der Waals surface area contributed by atoms with Crippen LogP contribution in [0.2, 0.25) is 5.02 Å². The number of hydrazine groups is 1. The van der Waals surface area contributed by atoms with Gasteiger partial charge in [-0.05, 0) is 44.0 Å². The molecule has 0 aliphatic heterocycles. The van der Waals surface area contributed by atoms with Crippen LogP contribution in [0.15, 0.2) is 36.4 Å². The van der Waals surface area contributed by atoms with E-state index >= 15 is 0 Å². The largest absolute Gasteiger partial charge is 0.482 e. The maximum atomic E-state index is 12.9. The standard InChI is InChI=1S/C20H20ClN3O3/c1-11-8-12(2)19(15(21)9-11)27-10-17(25)24-13(3)18(20(26)23-22)14-6-4-5-7-16(14)24/h4-9H,10,22H2,1-3H3,(H,23,26). The first kappa shape index (κ1) is 18.9. The Morgan fingerprint density at radius 3 is 2.56 bits per heavy atom. The van der Waals surface area contributed by atoms with E-state index in [4.69, 9.17) is 22.2 Å². The van der Waals surface area contributed by atoms with Crippen molar-refractivity contribution < 1.29 is 14.3 Å². The van der Waals surface area contributed by atoms with Gasteiger partial charge in [0.2, 0.25) is 0 Å². The number of ether oxygens (including phenoxy) is 1. The van der Waals surface area contributed by atoms with Gasteiger partial charge in [-0.15, -0.1) is 0 Å². The van der Waals surface area contributed by atoms with Gasteiger partial charge in [0.1, 0.15) is 5.75 Å². The van der Waals surface area contributed by atoms with Gasteiger partial charge in [0.25, 0.3) is 11.8 Å². The highest BCUT2D eigenvalue weighted by Crippen LogP contribution is 2.30. The molecule has 0 bridgehead atoms. The van der Waals surface area contributed by atoms with Gasteiger partial charge in [-0.3, -0.25) is 19.6 Å². The van der Waals surface area contributed by atoms with Crippen molar-refractivity contribution in [3.05, 3.63) is 63.8 Å². The van der Waals surface area contributed by atoms with Crippen molar-refractivity contribution in [3.63, 3.8) is 0 Å². The lowest BCUT2D eigenvalue weighted by Crippen LogP contribution is -2.30. The van der Waals surface area contributed by atoms with Gasteiger partial charge in [0.15, 0.2) is 6.61 Å². The number of aryl methyl sites for hydroxylation is 2. The van der Waals surface area contributed by atoms with E-state index in [1.54, 1.807) is 37.3 Å². The number of carbonyl (C=O) groups excluding carboxylic acids is 2. The van der Waals surface area contributed by atoms with E-state index in [9.17, 15) is 9.59 Å². The Bertz CT molecular complexity index is 1030. The van der Waals surface area contributed by atoms with E-state index in [1.807, 2.05) is 19.9 Å². The third-order valence-corrected chi connectivity index (χ3v) is 4.71. The number of carbonyl (C=O) groups is 2. The van der Waals surface area contributed by atoms with Crippen LogP contribution in [-0.2, 0) is 0 Å². The van der Waals surface area contributed by atoms with Crippen LogP contribution < -0.4 is 16.0 Å². The van der Waals surface area contributed by atoms with Crippen LogP contribution in [0.1, 0.15) is 32.0 Å². The Balaban J connectivity index is 1.98. The van der Waals surface area contributed by atoms with Gasteiger partial charge in [-0.2, -0.15) is 0 Å². The highest BCUT2D eigenvalue weighted by atomic mass is 35.5. The molecule has 1 aromatic heterocycles. The number of hydrogen-bond donors (Lipinski definition) is 2. The quantitative estimate of drug-likeness (QED) is 0.408. The van der Waals surface area contributed by atoms with E-state index in [1.165, 1.54) is 4.57 Å². The number of halogens is 1. The molecule has 3 aromatic rings. The summed E-state index contributed by atoms with van der Waals surface area (Å²) < 4.78 is 7.18. The number of nitrogens with two attached hydrogens (primary N) is 1. The number of hydrogen-bond acceptors (Lipinski definition) is 4. The molecular formula is C20H20ClN3O3. The Morgan fingerprint density at radius 2 is 1.89 bits per heavy atom. The van der Waals surface area contributed by atoms with Crippen LogP contribution in [-0.4, -0.2) is 23.0 Å². The summed E-state index contributed by atoms with van der Waals surface area (Å²) in [5, 5.41) is 1.11. The van der Waals surface area contributed by atoms with E-state index in [2.05, 4.69) is 5.43 Å². The number of nitrogens with one attached hydrogen (secondary N) is 1. The Kier molecular flexibility index (Phi) is 5.21. The summed E-state index contributed by atoms with van der Waals surface area (Å²) in [6.45, 7) is 5.30. The molecule has 1 amide bonds. The number of rotatable bonds is 4. The maximum absolute atomic E-state index is 12.9. The van der Waals surface area contributed by atoms with Gasteiger partial charge < -0.3 is 4.74 Å². The summed E-state index contributed by atoms with van der Waals surface area (Å²) in [6.07, 6.45) is 0. The van der Waals surface area contributed by atoms with E-state index in [0.29, 0.717) is 32.9 Å². The molecule has 1 heterocycles. The fraction of sp³-hybridized carbons (Fsp3) is 0.200. The number of nitrogens with zero attached hydrogens (tertiary/aromatic N) is 1. The molecule has 0 atom stereocenters. The summed E-state index contributed by atoms with van der Waals surface area (Å²) in [7, 11) is 0. The zero-order valence-electron chi connectivity index (χ0n) is 15.3. The minimum absolute atomic E-state index is 0.215. The number of amides is 1. The van der Waals surface area contributed by atoms with Crippen LogP contribution in [0.4, 0.5) is 0 Å². The van der Waals surface area contributed by atoms with Crippen LogP contribution in [0.3, 0.4) is 0 Å². The summed E-state index contributed by atoms with van der Waals surface area (Å²) >= 11 is 6.25. The van der Waals surface area contributed by atoms with Gasteiger partial charge >= 0.3 is 0 Å². The normalized spacial score (nSPS) is 10.9. The molecule has 0 saturated carbocycles. The first-order valence-electron chi connectivity index (χ1n) is 8.39. The molecule has 0 fully saturated rings. The first-order chi connectivity index (χ1) is 12.8. The topological polar surface area (TPSA) is 86.3 Å². The zero-order chi connectivity index (χ0) is 19.7. The Morgan fingerprint density at radius 1 is 1.19 bits per heavy atom. The number of aromatic nitrogens is 1. The van der Waals surface area contributed by atoms with Crippen LogP contribution in [0.25, 0.3) is 10.9 Å². The van der Waals surface area contributed by atoms with E-state index in [-0.39, 0.29) is 12.5 Å². The molecule has 140 valence electrons. The summed E-state index contributed by atoms with van der Waals surface area (Å²) in [6, 6.07) is 10.9. The maximum Gasteiger partial charge on any atom is 0.269 e. The number of nitrogen functional groups attached to an aromatic ring is 1. The van der Waals surface area contributed by atoms with E-state index in [0.717, 1.165) is 11.1 Å². The molecule has 0 aliphatic carbocycles. The fourth-order valence-electron chi connectivity index (χ4n) is 3.33. The predicted molar refractivity (Wildman–Crippen MR) is 105 cm³/mol. The Labute approximate surface area is 161 Å². The molecule has 7 heteroatoms. The van der Waals surface area contributed by atoms with Crippen molar-refractivity contribution in [2.75, 3.05) is 6.61 Å². The average molecular weight is 386 g/mol. The molecule has 3 rings (SSSR count). The molecule has 0 spiro atoms. The summed E-state index contributed by atoms with van der Waals surface area (Å²) in [4.78, 5) is 25.1. The van der Waals surface area contributed by atoms with Gasteiger partial charge in [-0.1, -0.05) is 35.9 Å². The molecule has 6 nitrogen and oxygen atoms in total. The lowest BCUT2D eigenvalue weighted by atomic mass is 10.1. The zero-order valence-corrected chi connectivity index (χ0v) is 16.1. The van der Waals surface area contributed by atoms with Gasteiger partial charge in [-0.25, -0.2) is 5.84 Å². The van der Waals surface area contributed by atoms with Crippen molar-refractivity contribution in [3.8, 4) is 5.75 Å². The predicted octanol–water partition coefficient (Wildman–Crippen LogP) is 3.54. The third kappa shape index (κ3) is 3.41. The SMILES string of the molecule is Cc1cc(C)c(OCC(=O)n2c(C)c(C(=O)NN)c3ccccc32)c(Cl)c1. The fourth-order valence-corrected chi connectivity index (χ4v) is 3.71. The molecule has 3 N–H and O–H groups in total. The minimum Gasteiger partial charge on any atom is -0.482 e. The highest BCUT2D eigenvalue weighted by Gasteiger charge is 2.23. The van der Waals surface area contributed by atoms with Crippen LogP contribution in [0, 0.1) is 20.8 Å². The van der Waals surface area contributed by atoms with Crippen molar-refractivity contribution >= 4 is 34.3 Å². The van der Waals surface area contributed by atoms with Crippen molar-refractivity contribution in [2.24, 2.45) is 5.84 Å². The second-order valence-corrected chi connectivity index (χ2v) is 6.77. The van der Waals surface area contributed by atoms with Crippen molar-refractivity contribution in [1.82, 2.24) is 9.99 Å². The van der Waals surface area contributed by atoms with Crippen molar-refractivity contribution in [2.45, 2.75) is 20.8 Å². The molecular weight excluding hydrogens is 366 g/mol. The number of para-hydroxylation sites is 1. The molecule has 0 aliphatic rings. The molecule has 27 heavy (non-hydrogen) atoms. The monoisotopic (exact) mass is 385 g/mol. The second-order valence-electron chi connectivity index (χ2n) is 6.36. The average Bonchev–Trinajstić information content (AvgIpc) is 2.91. The second kappa shape index (κ2) is 7.42. The molecule has 2 aromatic carbocycles. The first-order valence-corrected chi connectivity index (χ1v) is 8.76. The smallest absolute Gasteiger partial charge is 0.269 e. The molecule has 0 saturated heterocycles. The van der Waals surface area contributed by atoms with Crippen molar-refractivity contribution in [1.29, 1.82) is 0 Å². The Hall–Kier alpha value is -2.83. The molecule has 0 radical (unpaired) electrons. The lowest BCUT2D eigenvalue weighted by molar-refractivity contribution is 0.0840. The van der Waals surface area contributed by atoms with Crippen LogP contribution in [0.5, 0.6) is 5.75 Å². The third-order valence-electron chi connectivity index (χ3n) is 4.43. The number of fused-ring (bicyclic) bond motifs is 1. The summed E-state index contributed by atoms with van der Waals surface area (Å²) in [5.41, 5.74) is 5.48. The van der Waals surface area contributed by atoms with Gasteiger partial charge in [0, 0.05) is 11.1 Å². The number of benzene rings is 2. The lowest BCUT2D eigenvalue weighted by Gasteiger charge is -2.13. The van der Waals surface area contributed by atoms with Gasteiger partial charge in [0.05, 0.1) is 16.1 Å². The highest BCUT2D eigenvalue weighted by molar-refractivity contribution is 6.32. The van der Waals surface area contributed by atoms with E-state index < -0.39 is 5.91 Å². The minimum atomic E-state index is -0.450. The molecule has 0 unspecified atom stereocenters. The van der Waals surface area contributed by atoms with Crippen LogP contribution >= 0.6 is 11.6 Å².